The van der Waals surface area contributed by atoms with Crippen LogP contribution in [0.5, 0.6) is 0 Å². The molecule has 2 aliphatic rings. The molecule has 0 bridgehead atoms. The van der Waals surface area contributed by atoms with Gasteiger partial charge in [0.05, 0.1) is 5.54 Å². The third kappa shape index (κ3) is 2.29. The predicted octanol–water partition coefficient (Wildman–Crippen LogP) is 3.40. The first-order valence-corrected chi connectivity index (χ1v) is 7.54. The normalized spacial score (nSPS) is 24.6. The molecule has 0 unspecified atom stereocenters. The van der Waals surface area contributed by atoms with E-state index < -0.39 is 0 Å². The highest BCUT2D eigenvalue weighted by Gasteiger charge is 2.47. The van der Waals surface area contributed by atoms with Gasteiger partial charge >= 0.3 is 0 Å². The molecule has 1 heterocycles. The van der Waals surface area contributed by atoms with Gasteiger partial charge in [0.1, 0.15) is 0 Å². The van der Waals surface area contributed by atoms with Crippen LogP contribution in [0, 0.1) is 5.92 Å². The minimum atomic E-state index is -0.0484. The highest BCUT2D eigenvalue weighted by atomic mass is 16.1. The second-order valence-corrected chi connectivity index (χ2v) is 5.81. The topological polar surface area (TPSA) is 20.3 Å². The predicted molar refractivity (Wildman–Crippen MR) is 71.1 cm³/mol. The van der Waals surface area contributed by atoms with E-state index in [1.54, 1.807) is 0 Å². The van der Waals surface area contributed by atoms with Crippen molar-refractivity contribution < 1.29 is 4.79 Å². The molecule has 0 amide bonds. The highest BCUT2D eigenvalue weighted by molar-refractivity contribution is 5.90. The van der Waals surface area contributed by atoms with Gasteiger partial charge in [-0.3, -0.25) is 9.69 Å². The molecular weight excluding hydrogens is 210 g/mol. The molecular formula is C15H27NO. The maximum absolute atomic E-state index is 12.9. The summed E-state index contributed by atoms with van der Waals surface area (Å²) in [5, 5.41) is 0. The van der Waals surface area contributed by atoms with Crippen LogP contribution < -0.4 is 0 Å². The Labute approximate surface area is 106 Å². The molecule has 1 aliphatic heterocycles. The summed E-state index contributed by atoms with van der Waals surface area (Å²) in [5.74, 6) is 0.871. The van der Waals surface area contributed by atoms with Crippen LogP contribution in [0.2, 0.25) is 0 Å². The van der Waals surface area contributed by atoms with Crippen molar-refractivity contribution in [3.8, 4) is 0 Å². The average molecular weight is 237 g/mol. The largest absolute Gasteiger partial charge is 0.297 e. The molecule has 98 valence electrons. The van der Waals surface area contributed by atoms with Gasteiger partial charge in [-0.1, -0.05) is 26.7 Å². The van der Waals surface area contributed by atoms with Gasteiger partial charge in [0, 0.05) is 5.92 Å². The van der Waals surface area contributed by atoms with Crippen molar-refractivity contribution >= 4 is 5.78 Å². The zero-order chi connectivity index (χ0) is 12.3. The van der Waals surface area contributed by atoms with Gasteiger partial charge in [-0.05, 0) is 51.6 Å². The van der Waals surface area contributed by atoms with Gasteiger partial charge in [-0.15, -0.1) is 0 Å². The number of Topliss-reactive ketones (excluding diaryl/α,β-unsaturated/α-hetero) is 1. The van der Waals surface area contributed by atoms with E-state index in [0.717, 1.165) is 38.8 Å². The van der Waals surface area contributed by atoms with Crippen molar-refractivity contribution in [2.75, 3.05) is 13.1 Å². The third-order valence-corrected chi connectivity index (χ3v) is 4.96. The standard InChI is InChI=1S/C15H27NO/c1-3-13(4-2)14(17)15(9-5-6-10-15)16-11-7-8-12-16/h13H,3-12H2,1-2H3. The summed E-state index contributed by atoms with van der Waals surface area (Å²) in [6, 6.07) is 0. The van der Waals surface area contributed by atoms with Crippen LogP contribution in [-0.4, -0.2) is 29.3 Å². The van der Waals surface area contributed by atoms with Crippen molar-refractivity contribution in [3.05, 3.63) is 0 Å². The number of ketones is 1. The Hall–Kier alpha value is -0.370. The van der Waals surface area contributed by atoms with Crippen LogP contribution in [0.3, 0.4) is 0 Å². The highest BCUT2D eigenvalue weighted by Crippen LogP contribution is 2.40. The Morgan fingerprint density at radius 3 is 2.06 bits per heavy atom. The van der Waals surface area contributed by atoms with Crippen molar-refractivity contribution in [1.29, 1.82) is 0 Å². The Balaban J connectivity index is 2.18. The second kappa shape index (κ2) is 5.51. The van der Waals surface area contributed by atoms with E-state index in [1.165, 1.54) is 25.7 Å². The molecule has 0 radical (unpaired) electrons. The Kier molecular flexibility index (Phi) is 4.24. The number of rotatable bonds is 5. The summed E-state index contributed by atoms with van der Waals surface area (Å²) in [4.78, 5) is 15.4. The summed E-state index contributed by atoms with van der Waals surface area (Å²) in [7, 11) is 0. The van der Waals surface area contributed by atoms with Gasteiger partial charge in [-0.25, -0.2) is 0 Å². The van der Waals surface area contributed by atoms with E-state index >= 15 is 0 Å². The molecule has 1 saturated heterocycles. The Bertz CT molecular complexity index is 258. The van der Waals surface area contributed by atoms with E-state index in [4.69, 9.17) is 0 Å². The van der Waals surface area contributed by atoms with E-state index in [1.807, 2.05) is 0 Å². The zero-order valence-electron chi connectivity index (χ0n) is 11.5. The summed E-state index contributed by atoms with van der Waals surface area (Å²) in [5.41, 5.74) is -0.0484. The molecule has 2 heteroatoms. The van der Waals surface area contributed by atoms with Gasteiger partial charge < -0.3 is 0 Å². The quantitative estimate of drug-likeness (QED) is 0.730. The maximum atomic E-state index is 12.9. The fourth-order valence-electron chi connectivity index (χ4n) is 3.86. The summed E-state index contributed by atoms with van der Waals surface area (Å²) in [6.45, 7) is 6.65. The number of hydrogen-bond donors (Lipinski definition) is 0. The van der Waals surface area contributed by atoms with Crippen LogP contribution in [0.1, 0.15) is 65.2 Å². The van der Waals surface area contributed by atoms with E-state index in [-0.39, 0.29) is 5.54 Å². The summed E-state index contributed by atoms with van der Waals surface area (Å²) >= 11 is 0. The number of carbonyl (C=O) groups excluding carboxylic acids is 1. The van der Waals surface area contributed by atoms with Crippen molar-refractivity contribution in [1.82, 2.24) is 4.90 Å². The molecule has 0 aromatic rings. The molecule has 1 aliphatic carbocycles. The van der Waals surface area contributed by atoms with E-state index in [2.05, 4.69) is 18.7 Å². The van der Waals surface area contributed by atoms with Gasteiger partial charge in [0.25, 0.3) is 0 Å². The molecule has 0 atom stereocenters. The number of likely N-dealkylation sites (tertiary alicyclic amines) is 1. The number of carbonyl (C=O) groups is 1. The van der Waals surface area contributed by atoms with E-state index in [0.29, 0.717) is 11.7 Å². The lowest BCUT2D eigenvalue weighted by Gasteiger charge is -2.39. The van der Waals surface area contributed by atoms with Crippen LogP contribution in [0.25, 0.3) is 0 Å². The average Bonchev–Trinajstić information content (AvgIpc) is 3.02. The summed E-state index contributed by atoms with van der Waals surface area (Å²) < 4.78 is 0. The van der Waals surface area contributed by atoms with Crippen molar-refractivity contribution in [2.24, 2.45) is 5.92 Å². The van der Waals surface area contributed by atoms with Crippen LogP contribution in [-0.2, 0) is 4.79 Å². The smallest absolute Gasteiger partial charge is 0.156 e. The monoisotopic (exact) mass is 237 g/mol. The molecule has 0 aromatic heterocycles. The van der Waals surface area contributed by atoms with Crippen molar-refractivity contribution in [3.63, 3.8) is 0 Å². The minimum absolute atomic E-state index is 0.0484. The van der Waals surface area contributed by atoms with Crippen LogP contribution in [0.15, 0.2) is 0 Å². The first kappa shape index (κ1) is 13.1. The Morgan fingerprint density at radius 1 is 1.06 bits per heavy atom. The maximum Gasteiger partial charge on any atom is 0.156 e. The lowest BCUT2D eigenvalue weighted by Crippen LogP contribution is -2.53. The fraction of sp³-hybridized carbons (Fsp3) is 0.933. The number of hydrogen-bond acceptors (Lipinski definition) is 2. The molecule has 0 aromatic carbocycles. The van der Waals surface area contributed by atoms with Crippen LogP contribution >= 0.6 is 0 Å². The number of nitrogens with zero attached hydrogens (tertiary/aromatic N) is 1. The first-order valence-electron chi connectivity index (χ1n) is 7.54. The molecule has 2 nitrogen and oxygen atoms in total. The summed E-state index contributed by atoms with van der Waals surface area (Å²) in [6.07, 6.45) is 9.38. The second-order valence-electron chi connectivity index (χ2n) is 5.81. The molecule has 17 heavy (non-hydrogen) atoms. The molecule has 0 N–H and O–H groups in total. The lowest BCUT2D eigenvalue weighted by atomic mass is 9.80. The molecule has 2 fully saturated rings. The molecule has 0 spiro atoms. The SMILES string of the molecule is CCC(CC)C(=O)C1(N2CCCC2)CCCC1. The molecule has 2 rings (SSSR count). The minimum Gasteiger partial charge on any atom is -0.297 e. The van der Waals surface area contributed by atoms with E-state index in [9.17, 15) is 4.79 Å². The zero-order valence-corrected chi connectivity index (χ0v) is 11.5. The van der Waals surface area contributed by atoms with Gasteiger partial charge in [0.15, 0.2) is 5.78 Å². The fourth-order valence-corrected chi connectivity index (χ4v) is 3.86. The van der Waals surface area contributed by atoms with Gasteiger partial charge in [-0.2, -0.15) is 0 Å². The van der Waals surface area contributed by atoms with Crippen molar-refractivity contribution in [2.45, 2.75) is 70.8 Å². The molecule has 1 saturated carbocycles. The van der Waals surface area contributed by atoms with Gasteiger partial charge in [0.2, 0.25) is 0 Å². The Morgan fingerprint density at radius 2 is 1.59 bits per heavy atom. The third-order valence-electron chi connectivity index (χ3n) is 4.96. The van der Waals surface area contributed by atoms with Crippen LogP contribution in [0.4, 0.5) is 0 Å². The lowest BCUT2D eigenvalue weighted by molar-refractivity contribution is -0.135. The first-order chi connectivity index (χ1) is 8.24.